The van der Waals surface area contributed by atoms with Gasteiger partial charge < -0.3 is 5.32 Å². The Hall–Kier alpha value is -2.06. The first-order valence-electron chi connectivity index (χ1n) is 6.28. The van der Waals surface area contributed by atoms with E-state index in [4.69, 9.17) is 0 Å². The van der Waals surface area contributed by atoms with E-state index < -0.39 is 0 Å². The van der Waals surface area contributed by atoms with Crippen LogP contribution in [0.5, 0.6) is 0 Å². The summed E-state index contributed by atoms with van der Waals surface area (Å²) < 4.78 is 1.46. The molecule has 0 bridgehead atoms. The predicted molar refractivity (Wildman–Crippen MR) is 84.0 cm³/mol. The van der Waals surface area contributed by atoms with Crippen LogP contribution in [0.2, 0.25) is 0 Å². The molecular formula is C13H12N4O2S2. The minimum Gasteiger partial charge on any atom is -0.302 e. The van der Waals surface area contributed by atoms with Gasteiger partial charge in [0.2, 0.25) is 5.91 Å². The van der Waals surface area contributed by atoms with Gasteiger partial charge in [-0.1, -0.05) is 0 Å². The van der Waals surface area contributed by atoms with E-state index in [0.717, 1.165) is 9.71 Å². The van der Waals surface area contributed by atoms with Gasteiger partial charge in [0.25, 0.3) is 5.56 Å². The number of hydrogen-bond acceptors (Lipinski definition) is 6. The smallest absolute Gasteiger partial charge is 0.262 e. The first-order valence-corrected chi connectivity index (χ1v) is 7.98. The number of carbonyl (C=O) groups excluding carboxylic acids is 1. The number of anilines is 1. The van der Waals surface area contributed by atoms with Crippen LogP contribution in [0, 0.1) is 6.92 Å². The molecule has 0 unspecified atom stereocenters. The van der Waals surface area contributed by atoms with Crippen LogP contribution in [0.15, 0.2) is 28.8 Å². The second-order valence-corrected chi connectivity index (χ2v) is 6.59. The Morgan fingerprint density at radius 3 is 3.05 bits per heavy atom. The monoisotopic (exact) mass is 320 g/mol. The molecule has 0 saturated carbocycles. The number of nitrogens with zero attached hydrogens (tertiary/aromatic N) is 3. The lowest BCUT2D eigenvalue weighted by Gasteiger charge is -2.05. The Bertz CT molecular complexity index is 849. The molecule has 0 aliphatic heterocycles. The average Bonchev–Trinajstić information content (AvgIpc) is 3.07. The summed E-state index contributed by atoms with van der Waals surface area (Å²) in [5.74, 6) is -0.165. The molecule has 8 heteroatoms. The molecule has 1 amide bonds. The molecular weight excluding hydrogens is 308 g/mol. The van der Waals surface area contributed by atoms with Crippen molar-refractivity contribution in [3.8, 4) is 0 Å². The summed E-state index contributed by atoms with van der Waals surface area (Å²) in [5, 5.41) is 5.73. The highest BCUT2D eigenvalue weighted by molar-refractivity contribution is 7.16. The van der Waals surface area contributed by atoms with Crippen molar-refractivity contribution in [1.29, 1.82) is 0 Å². The third kappa shape index (κ3) is 3.01. The van der Waals surface area contributed by atoms with Crippen LogP contribution in [0.1, 0.15) is 11.3 Å². The van der Waals surface area contributed by atoms with Crippen LogP contribution >= 0.6 is 22.7 Å². The molecule has 0 saturated heterocycles. The van der Waals surface area contributed by atoms with Crippen molar-refractivity contribution in [2.45, 2.75) is 19.9 Å². The van der Waals surface area contributed by atoms with Crippen LogP contribution in [0.3, 0.4) is 0 Å². The molecule has 0 aliphatic rings. The predicted octanol–water partition coefficient (Wildman–Crippen LogP) is 2.25. The number of fused-ring (bicyclic) bond motifs is 1. The molecule has 3 heterocycles. The molecule has 21 heavy (non-hydrogen) atoms. The fraction of sp³-hybridized carbons (Fsp3) is 0.231. The van der Waals surface area contributed by atoms with Crippen LogP contribution in [0.25, 0.3) is 10.2 Å². The molecule has 0 fully saturated rings. The molecule has 0 atom stereocenters. The number of hydrogen-bond donors (Lipinski definition) is 1. The number of carbonyl (C=O) groups is 1. The van der Waals surface area contributed by atoms with Gasteiger partial charge in [-0.2, -0.15) is 0 Å². The van der Waals surface area contributed by atoms with Crippen LogP contribution in [0.4, 0.5) is 5.13 Å². The summed E-state index contributed by atoms with van der Waals surface area (Å²) in [6.45, 7) is 2.22. The maximum Gasteiger partial charge on any atom is 0.262 e. The minimum atomic E-state index is -0.165. The summed E-state index contributed by atoms with van der Waals surface area (Å²) in [7, 11) is 0. The molecule has 108 valence electrons. The van der Waals surface area contributed by atoms with Gasteiger partial charge in [-0.15, -0.1) is 22.7 Å². The zero-order valence-corrected chi connectivity index (χ0v) is 12.8. The van der Waals surface area contributed by atoms with E-state index in [1.807, 2.05) is 12.3 Å². The van der Waals surface area contributed by atoms with Gasteiger partial charge in [0, 0.05) is 24.0 Å². The van der Waals surface area contributed by atoms with Crippen molar-refractivity contribution >= 4 is 43.9 Å². The van der Waals surface area contributed by atoms with Crippen molar-refractivity contribution in [2.24, 2.45) is 0 Å². The minimum absolute atomic E-state index is 0.112. The quantitative estimate of drug-likeness (QED) is 0.800. The lowest BCUT2D eigenvalue weighted by Crippen LogP contribution is -2.23. The number of thiazole rings is 1. The van der Waals surface area contributed by atoms with E-state index in [0.29, 0.717) is 17.1 Å². The normalized spacial score (nSPS) is 10.9. The maximum atomic E-state index is 12.2. The molecule has 0 radical (unpaired) electrons. The molecule has 6 nitrogen and oxygen atoms in total. The number of aromatic nitrogens is 3. The molecule has 1 N–H and O–H groups in total. The van der Waals surface area contributed by atoms with Crippen LogP contribution < -0.4 is 10.9 Å². The van der Waals surface area contributed by atoms with Gasteiger partial charge in [0.15, 0.2) is 5.13 Å². The lowest BCUT2D eigenvalue weighted by atomic mass is 10.3. The molecule has 0 aliphatic carbocycles. The molecule has 3 aromatic rings. The fourth-order valence-corrected chi connectivity index (χ4v) is 3.27. The van der Waals surface area contributed by atoms with Gasteiger partial charge in [0.05, 0.1) is 11.7 Å². The van der Waals surface area contributed by atoms with Gasteiger partial charge in [-0.25, -0.2) is 9.97 Å². The lowest BCUT2D eigenvalue weighted by molar-refractivity contribution is -0.116. The van der Waals surface area contributed by atoms with E-state index in [2.05, 4.69) is 15.3 Å². The van der Waals surface area contributed by atoms with E-state index >= 15 is 0 Å². The zero-order valence-electron chi connectivity index (χ0n) is 11.2. The Labute approximate surface area is 128 Å². The fourth-order valence-electron chi connectivity index (χ4n) is 1.87. The molecule has 0 aromatic carbocycles. The van der Waals surface area contributed by atoms with Crippen LogP contribution in [-0.4, -0.2) is 20.4 Å². The number of rotatable bonds is 4. The van der Waals surface area contributed by atoms with Crippen molar-refractivity contribution in [3.63, 3.8) is 0 Å². The summed E-state index contributed by atoms with van der Waals surface area (Å²) in [6, 6.07) is 1.75. The largest absolute Gasteiger partial charge is 0.302 e. The van der Waals surface area contributed by atoms with Gasteiger partial charge in [-0.3, -0.25) is 14.2 Å². The Morgan fingerprint density at radius 2 is 2.29 bits per heavy atom. The molecule has 3 aromatic heterocycles. The maximum absolute atomic E-state index is 12.2. The highest BCUT2D eigenvalue weighted by Crippen LogP contribution is 2.16. The number of thiophene rings is 1. The SMILES string of the molecule is Cc1cnc(NC(=O)CCn2cnc3sccc3c2=O)s1. The van der Waals surface area contributed by atoms with E-state index in [-0.39, 0.29) is 17.9 Å². The van der Waals surface area contributed by atoms with Crippen molar-refractivity contribution < 1.29 is 4.79 Å². The average molecular weight is 320 g/mol. The van der Waals surface area contributed by atoms with Crippen molar-refractivity contribution in [3.05, 3.63) is 39.2 Å². The second-order valence-electron chi connectivity index (χ2n) is 4.46. The first kappa shape index (κ1) is 13.9. The van der Waals surface area contributed by atoms with Crippen molar-refractivity contribution in [1.82, 2.24) is 14.5 Å². The van der Waals surface area contributed by atoms with Gasteiger partial charge >= 0.3 is 0 Å². The molecule has 3 rings (SSSR count). The summed E-state index contributed by atoms with van der Waals surface area (Å²) in [5.41, 5.74) is -0.112. The zero-order chi connectivity index (χ0) is 14.8. The summed E-state index contributed by atoms with van der Waals surface area (Å²) in [4.78, 5) is 34.0. The summed E-state index contributed by atoms with van der Waals surface area (Å²) in [6.07, 6.45) is 3.40. The first-order chi connectivity index (χ1) is 10.1. The Kier molecular flexibility index (Phi) is 3.80. The molecule has 0 spiro atoms. The second kappa shape index (κ2) is 5.74. The Morgan fingerprint density at radius 1 is 1.43 bits per heavy atom. The van der Waals surface area contributed by atoms with Crippen LogP contribution in [-0.2, 0) is 11.3 Å². The van der Waals surface area contributed by atoms with Crippen molar-refractivity contribution in [2.75, 3.05) is 5.32 Å². The third-order valence-electron chi connectivity index (χ3n) is 2.90. The number of amides is 1. The summed E-state index contributed by atoms with van der Waals surface area (Å²) >= 11 is 2.85. The van der Waals surface area contributed by atoms with E-state index in [1.54, 1.807) is 12.3 Å². The Balaban J connectivity index is 1.67. The van der Waals surface area contributed by atoms with E-state index in [1.165, 1.54) is 33.6 Å². The van der Waals surface area contributed by atoms with Gasteiger partial charge in [0.1, 0.15) is 4.83 Å². The third-order valence-corrected chi connectivity index (χ3v) is 4.55. The van der Waals surface area contributed by atoms with Gasteiger partial charge in [-0.05, 0) is 18.4 Å². The highest BCUT2D eigenvalue weighted by atomic mass is 32.1. The topological polar surface area (TPSA) is 76.9 Å². The number of aryl methyl sites for hydroxylation is 2. The van der Waals surface area contributed by atoms with E-state index in [9.17, 15) is 9.59 Å². The standard InChI is InChI=1S/C13H12N4O2S2/c1-8-6-14-13(21-8)16-10(18)2-4-17-7-15-11-9(12(17)19)3-5-20-11/h3,5-7H,2,4H2,1H3,(H,14,16,18). The number of nitrogens with one attached hydrogen (secondary N) is 1. The highest BCUT2D eigenvalue weighted by Gasteiger charge is 2.08.